The van der Waals surface area contributed by atoms with Gasteiger partial charge in [-0.25, -0.2) is 0 Å². The third-order valence-corrected chi connectivity index (χ3v) is 2.56. The minimum Gasteiger partial charge on any atom is -0.465 e. The van der Waals surface area contributed by atoms with Gasteiger partial charge >= 0.3 is 5.97 Å². The van der Waals surface area contributed by atoms with Crippen molar-refractivity contribution in [3.63, 3.8) is 0 Å². The van der Waals surface area contributed by atoms with Gasteiger partial charge in [-0.2, -0.15) is 5.26 Å². The summed E-state index contributed by atoms with van der Waals surface area (Å²) in [5.41, 5.74) is 0. The van der Waals surface area contributed by atoms with Crippen LogP contribution in [0.25, 0.3) is 0 Å². The summed E-state index contributed by atoms with van der Waals surface area (Å²) >= 11 is 0. The van der Waals surface area contributed by atoms with E-state index in [1.165, 1.54) is 0 Å². The Hall–Kier alpha value is -1.57. The normalized spacial score (nSPS) is 16.6. The van der Waals surface area contributed by atoms with Crippen molar-refractivity contribution >= 4 is 11.9 Å². The Morgan fingerprint density at radius 3 is 2.56 bits per heavy atom. The molecule has 1 amide bonds. The lowest BCUT2D eigenvalue weighted by Gasteiger charge is -2.16. The Balaban J connectivity index is 2.46. The summed E-state index contributed by atoms with van der Waals surface area (Å²) in [4.78, 5) is 24.7. The van der Waals surface area contributed by atoms with Gasteiger partial charge in [0.1, 0.15) is 0 Å². The molecule has 0 bridgehead atoms. The topological polar surface area (TPSA) is 70.4 Å². The highest BCUT2D eigenvalue weighted by molar-refractivity contribution is 5.84. The summed E-state index contributed by atoms with van der Waals surface area (Å²) < 4.78 is 4.73. The molecule has 16 heavy (non-hydrogen) atoms. The number of rotatable bonds is 4. The molecule has 0 N–H and O–H groups in total. The second-order valence-corrected chi connectivity index (χ2v) is 3.73. The SMILES string of the molecule is CCOC(=O)C(C#N)CC(=O)N1CCCC1. The van der Waals surface area contributed by atoms with Crippen LogP contribution < -0.4 is 0 Å². The molecule has 0 aromatic rings. The van der Waals surface area contributed by atoms with Gasteiger partial charge in [0.15, 0.2) is 5.92 Å². The molecular weight excluding hydrogens is 208 g/mol. The van der Waals surface area contributed by atoms with E-state index >= 15 is 0 Å². The summed E-state index contributed by atoms with van der Waals surface area (Å²) in [7, 11) is 0. The fourth-order valence-electron chi connectivity index (χ4n) is 1.69. The van der Waals surface area contributed by atoms with Gasteiger partial charge in [-0.05, 0) is 19.8 Å². The average Bonchev–Trinajstić information content (AvgIpc) is 2.79. The highest BCUT2D eigenvalue weighted by atomic mass is 16.5. The number of likely N-dealkylation sites (tertiary alicyclic amines) is 1. The molecule has 0 saturated carbocycles. The van der Waals surface area contributed by atoms with Crippen molar-refractivity contribution in [2.45, 2.75) is 26.2 Å². The molecule has 1 saturated heterocycles. The van der Waals surface area contributed by atoms with Gasteiger partial charge in [0.05, 0.1) is 19.1 Å². The molecular formula is C11H16N2O3. The highest BCUT2D eigenvalue weighted by Gasteiger charge is 2.26. The molecule has 1 aliphatic heterocycles. The summed E-state index contributed by atoms with van der Waals surface area (Å²) in [6.07, 6.45) is 1.94. The third-order valence-electron chi connectivity index (χ3n) is 2.56. The molecule has 0 aliphatic carbocycles. The molecule has 1 heterocycles. The number of nitrogens with zero attached hydrogens (tertiary/aromatic N) is 2. The van der Waals surface area contributed by atoms with Crippen molar-refractivity contribution in [3.05, 3.63) is 0 Å². The van der Waals surface area contributed by atoms with Crippen molar-refractivity contribution in [3.8, 4) is 6.07 Å². The van der Waals surface area contributed by atoms with Crippen molar-refractivity contribution in [2.24, 2.45) is 5.92 Å². The minimum absolute atomic E-state index is 0.0602. The Kier molecular flexibility index (Phi) is 4.77. The molecule has 1 unspecified atom stereocenters. The first-order valence-corrected chi connectivity index (χ1v) is 5.53. The van der Waals surface area contributed by atoms with Crippen LogP contribution in [-0.4, -0.2) is 36.5 Å². The van der Waals surface area contributed by atoms with Crippen LogP contribution >= 0.6 is 0 Å². The van der Waals surface area contributed by atoms with E-state index in [-0.39, 0.29) is 18.9 Å². The summed E-state index contributed by atoms with van der Waals surface area (Å²) in [5, 5.41) is 8.79. The molecule has 88 valence electrons. The number of esters is 1. The number of ether oxygens (including phenoxy) is 1. The maximum atomic E-state index is 11.7. The second kappa shape index (κ2) is 6.11. The molecule has 0 radical (unpaired) electrons. The maximum absolute atomic E-state index is 11.7. The Labute approximate surface area is 95.0 Å². The minimum atomic E-state index is -0.965. The van der Waals surface area contributed by atoms with Crippen molar-refractivity contribution in [1.29, 1.82) is 5.26 Å². The predicted molar refractivity (Wildman–Crippen MR) is 56.2 cm³/mol. The molecule has 1 atom stereocenters. The zero-order valence-electron chi connectivity index (χ0n) is 9.44. The molecule has 5 heteroatoms. The average molecular weight is 224 g/mol. The van der Waals surface area contributed by atoms with Gasteiger partial charge in [0, 0.05) is 13.1 Å². The van der Waals surface area contributed by atoms with E-state index in [1.807, 2.05) is 6.07 Å². The lowest BCUT2D eigenvalue weighted by atomic mass is 10.1. The number of carbonyl (C=O) groups is 2. The fraction of sp³-hybridized carbons (Fsp3) is 0.727. The summed E-state index contributed by atoms with van der Waals surface area (Å²) in [6.45, 7) is 3.38. The smallest absolute Gasteiger partial charge is 0.323 e. The van der Waals surface area contributed by atoms with Gasteiger partial charge in [-0.1, -0.05) is 0 Å². The molecule has 1 fully saturated rings. The van der Waals surface area contributed by atoms with Crippen LogP contribution in [0.2, 0.25) is 0 Å². The van der Waals surface area contributed by atoms with E-state index in [0.29, 0.717) is 0 Å². The predicted octanol–water partition coefficient (Wildman–Crippen LogP) is 0.702. The second-order valence-electron chi connectivity index (χ2n) is 3.73. The van der Waals surface area contributed by atoms with E-state index in [9.17, 15) is 9.59 Å². The van der Waals surface area contributed by atoms with Gasteiger partial charge in [-0.15, -0.1) is 0 Å². The van der Waals surface area contributed by atoms with Crippen molar-refractivity contribution in [1.82, 2.24) is 4.90 Å². The van der Waals surface area contributed by atoms with Gasteiger partial charge in [-0.3, -0.25) is 9.59 Å². The molecule has 0 aromatic heterocycles. The summed E-state index contributed by atoms with van der Waals surface area (Å²) in [6, 6.07) is 1.82. The third kappa shape index (κ3) is 3.23. The van der Waals surface area contributed by atoms with E-state index in [1.54, 1.807) is 11.8 Å². The lowest BCUT2D eigenvalue weighted by Crippen LogP contribution is -2.31. The van der Waals surface area contributed by atoms with Crippen LogP contribution in [0.1, 0.15) is 26.2 Å². The first-order valence-electron chi connectivity index (χ1n) is 5.53. The van der Waals surface area contributed by atoms with E-state index < -0.39 is 11.9 Å². The number of carbonyl (C=O) groups excluding carboxylic acids is 2. The van der Waals surface area contributed by atoms with Gasteiger partial charge in [0.25, 0.3) is 0 Å². The molecule has 1 rings (SSSR count). The first-order chi connectivity index (χ1) is 7.69. The number of nitriles is 1. The fourth-order valence-corrected chi connectivity index (χ4v) is 1.69. The number of hydrogen-bond acceptors (Lipinski definition) is 4. The van der Waals surface area contributed by atoms with Crippen LogP contribution in [0.15, 0.2) is 0 Å². The van der Waals surface area contributed by atoms with Gasteiger partial charge < -0.3 is 9.64 Å². The van der Waals surface area contributed by atoms with Crippen LogP contribution in [0.3, 0.4) is 0 Å². The van der Waals surface area contributed by atoms with Crippen molar-refractivity contribution in [2.75, 3.05) is 19.7 Å². The standard InChI is InChI=1S/C11H16N2O3/c1-2-16-11(15)9(8-12)7-10(14)13-5-3-4-6-13/h9H,2-7H2,1H3. The molecule has 0 aromatic carbocycles. The van der Waals surface area contributed by atoms with E-state index in [4.69, 9.17) is 10.00 Å². The molecule has 1 aliphatic rings. The quantitative estimate of drug-likeness (QED) is 0.659. The Morgan fingerprint density at radius 2 is 2.06 bits per heavy atom. The van der Waals surface area contributed by atoms with Crippen LogP contribution in [0.5, 0.6) is 0 Å². The maximum Gasteiger partial charge on any atom is 0.323 e. The molecule has 5 nitrogen and oxygen atoms in total. The largest absolute Gasteiger partial charge is 0.465 e. The summed E-state index contributed by atoms with van der Waals surface area (Å²) in [5.74, 6) is -1.69. The molecule has 0 spiro atoms. The Bertz CT molecular complexity index is 303. The lowest BCUT2D eigenvalue weighted by molar-refractivity contribution is -0.148. The highest BCUT2D eigenvalue weighted by Crippen LogP contribution is 2.13. The van der Waals surface area contributed by atoms with E-state index in [2.05, 4.69) is 0 Å². The van der Waals surface area contributed by atoms with Crippen LogP contribution in [0.4, 0.5) is 0 Å². The number of amides is 1. The van der Waals surface area contributed by atoms with Crippen LogP contribution in [0, 0.1) is 17.2 Å². The number of hydrogen-bond donors (Lipinski definition) is 0. The zero-order valence-corrected chi connectivity index (χ0v) is 9.44. The first kappa shape index (κ1) is 12.5. The van der Waals surface area contributed by atoms with Crippen LogP contribution in [-0.2, 0) is 14.3 Å². The Morgan fingerprint density at radius 1 is 1.44 bits per heavy atom. The van der Waals surface area contributed by atoms with E-state index in [0.717, 1.165) is 25.9 Å². The zero-order chi connectivity index (χ0) is 12.0. The van der Waals surface area contributed by atoms with Crippen molar-refractivity contribution < 1.29 is 14.3 Å². The monoisotopic (exact) mass is 224 g/mol. The van der Waals surface area contributed by atoms with Gasteiger partial charge in [0.2, 0.25) is 5.91 Å².